The molecule has 5 heteroatoms. The summed E-state index contributed by atoms with van der Waals surface area (Å²) >= 11 is 0. The first-order chi connectivity index (χ1) is 8.61. The minimum absolute atomic E-state index is 0.223. The van der Waals surface area contributed by atoms with Gasteiger partial charge in [0.15, 0.2) is 0 Å². The fourth-order valence-electron chi connectivity index (χ4n) is 2.50. The van der Waals surface area contributed by atoms with Crippen molar-refractivity contribution in [3.63, 3.8) is 0 Å². The van der Waals surface area contributed by atoms with E-state index in [0.29, 0.717) is 18.9 Å². The van der Waals surface area contributed by atoms with Crippen molar-refractivity contribution in [1.29, 1.82) is 0 Å². The molecule has 1 heterocycles. The monoisotopic (exact) mass is 255 g/mol. The van der Waals surface area contributed by atoms with Gasteiger partial charge in [-0.1, -0.05) is 26.2 Å². The Morgan fingerprint density at radius 2 is 2.11 bits per heavy atom. The Morgan fingerprint density at radius 3 is 2.67 bits per heavy atom. The molecule has 2 rings (SSSR count). The fourth-order valence-corrected chi connectivity index (χ4v) is 2.50. The van der Waals surface area contributed by atoms with Crippen molar-refractivity contribution in [3.8, 4) is 0 Å². The highest BCUT2D eigenvalue weighted by atomic mass is 16.5. The van der Waals surface area contributed by atoms with E-state index in [9.17, 15) is 9.59 Å². The first-order valence-corrected chi connectivity index (χ1v) is 6.76. The lowest BCUT2D eigenvalue weighted by Gasteiger charge is -2.20. The molecule has 0 bridgehead atoms. The third-order valence-corrected chi connectivity index (χ3v) is 3.88. The SMILES string of the molecule is CC[C@@H]1CCO[C@@H]1C(=O)NC(CC1CC1)C(=O)O. The average Bonchev–Trinajstić information content (AvgIpc) is 3.02. The molecule has 1 saturated heterocycles. The molecular formula is C13H21NO4. The number of carbonyl (C=O) groups is 2. The van der Waals surface area contributed by atoms with Gasteiger partial charge >= 0.3 is 5.97 Å². The molecule has 0 spiro atoms. The van der Waals surface area contributed by atoms with Crippen molar-refractivity contribution in [3.05, 3.63) is 0 Å². The Morgan fingerprint density at radius 1 is 1.39 bits per heavy atom. The number of ether oxygens (including phenoxy) is 1. The number of nitrogens with one attached hydrogen (secondary N) is 1. The number of hydrogen-bond acceptors (Lipinski definition) is 3. The summed E-state index contributed by atoms with van der Waals surface area (Å²) in [5.41, 5.74) is 0. The Balaban J connectivity index is 1.89. The number of hydrogen-bond donors (Lipinski definition) is 2. The first-order valence-electron chi connectivity index (χ1n) is 6.76. The van der Waals surface area contributed by atoms with E-state index < -0.39 is 18.1 Å². The normalized spacial score (nSPS) is 28.9. The first kappa shape index (κ1) is 13.3. The zero-order valence-electron chi connectivity index (χ0n) is 10.7. The van der Waals surface area contributed by atoms with Crippen LogP contribution in [-0.4, -0.2) is 35.7 Å². The molecule has 5 nitrogen and oxygen atoms in total. The molecule has 2 aliphatic rings. The van der Waals surface area contributed by atoms with Crippen LogP contribution in [0.15, 0.2) is 0 Å². The maximum absolute atomic E-state index is 12.0. The Kier molecular flexibility index (Phi) is 4.22. The van der Waals surface area contributed by atoms with E-state index in [1.165, 1.54) is 0 Å². The molecule has 1 saturated carbocycles. The Hall–Kier alpha value is -1.10. The van der Waals surface area contributed by atoms with Crippen LogP contribution in [0.5, 0.6) is 0 Å². The summed E-state index contributed by atoms with van der Waals surface area (Å²) in [4.78, 5) is 23.1. The second-order valence-corrected chi connectivity index (χ2v) is 5.33. The number of carboxylic acids is 1. The molecule has 2 N–H and O–H groups in total. The summed E-state index contributed by atoms with van der Waals surface area (Å²) in [5.74, 6) is -0.507. The van der Waals surface area contributed by atoms with Crippen LogP contribution in [0.3, 0.4) is 0 Å². The van der Waals surface area contributed by atoms with Crippen LogP contribution in [0.2, 0.25) is 0 Å². The van der Waals surface area contributed by atoms with Gasteiger partial charge in [0.2, 0.25) is 5.91 Å². The molecule has 0 aromatic carbocycles. The molecule has 2 fully saturated rings. The highest BCUT2D eigenvalue weighted by molar-refractivity contribution is 5.86. The lowest BCUT2D eigenvalue weighted by Crippen LogP contribution is -2.47. The second-order valence-electron chi connectivity index (χ2n) is 5.33. The van der Waals surface area contributed by atoms with E-state index in [1.54, 1.807) is 0 Å². The summed E-state index contributed by atoms with van der Waals surface area (Å²) in [6, 6.07) is -0.758. The zero-order valence-corrected chi connectivity index (χ0v) is 10.7. The van der Waals surface area contributed by atoms with Crippen molar-refractivity contribution < 1.29 is 19.4 Å². The summed E-state index contributed by atoms with van der Waals surface area (Å²) in [7, 11) is 0. The molecule has 1 amide bonds. The van der Waals surface area contributed by atoms with Gasteiger partial charge in [0.25, 0.3) is 0 Å². The maximum Gasteiger partial charge on any atom is 0.326 e. The van der Waals surface area contributed by atoms with Crippen LogP contribution in [-0.2, 0) is 14.3 Å². The van der Waals surface area contributed by atoms with Gasteiger partial charge in [-0.3, -0.25) is 4.79 Å². The molecule has 0 radical (unpaired) electrons. The summed E-state index contributed by atoms with van der Waals surface area (Å²) in [6.45, 7) is 2.62. The lowest BCUT2D eigenvalue weighted by molar-refractivity contribution is -0.144. The molecule has 102 valence electrons. The van der Waals surface area contributed by atoms with Crippen LogP contribution >= 0.6 is 0 Å². The molecule has 1 aliphatic carbocycles. The van der Waals surface area contributed by atoms with E-state index >= 15 is 0 Å². The van der Waals surface area contributed by atoms with E-state index in [-0.39, 0.29) is 11.8 Å². The minimum Gasteiger partial charge on any atom is -0.480 e. The smallest absolute Gasteiger partial charge is 0.326 e. The average molecular weight is 255 g/mol. The number of amides is 1. The number of rotatable bonds is 6. The van der Waals surface area contributed by atoms with Crippen LogP contribution in [0, 0.1) is 11.8 Å². The van der Waals surface area contributed by atoms with Gasteiger partial charge in [0.1, 0.15) is 12.1 Å². The minimum atomic E-state index is -0.943. The number of aliphatic carboxylic acids is 1. The van der Waals surface area contributed by atoms with Crippen molar-refractivity contribution in [2.75, 3.05) is 6.61 Å². The van der Waals surface area contributed by atoms with Crippen LogP contribution in [0.4, 0.5) is 0 Å². The van der Waals surface area contributed by atoms with Gasteiger partial charge in [0.05, 0.1) is 0 Å². The standard InChI is InChI=1S/C13H21NO4/c1-2-9-5-6-18-11(9)12(15)14-10(13(16)17)7-8-3-4-8/h8-11H,2-7H2,1H3,(H,14,15)(H,16,17)/t9-,10?,11+/m1/s1. The third-order valence-electron chi connectivity index (χ3n) is 3.88. The molecule has 1 unspecified atom stereocenters. The highest BCUT2D eigenvalue weighted by Gasteiger charge is 2.36. The van der Waals surface area contributed by atoms with Gasteiger partial charge in [-0.15, -0.1) is 0 Å². The largest absolute Gasteiger partial charge is 0.480 e. The van der Waals surface area contributed by atoms with Crippen molar-refractivity contribution in [2.45, 2.75) is 51.2 Å². The predicted octanol–water partition coefficient (Wildman–Crippen LogP) is 1.17. The van der Waals surface area contributed by atoms with Crippen molar-refractivity contribution >= 4 is 11.9 Å². The van der Waals surface area contributed by atoms with Gasteiger partial charge < -0.3 is 15.2 Å². The quantitative estimate of drug-likeness (QED) is 0.747. The predicted molar refractivity (Wildman–Crippen MR) is 65.0 cm³/mol. The maximum atomic E-state index is 12.0. The zero-order chi connectivity index (χ0) is 13.1. The summed E-state index contributed by atoms with van der Waals surface area (Å²) in [5, 5.41) is 11.7. The fraction of sp³-hybridized carbons (Fsp3) is 0.846. The second kappa shape index (κ2) is 5.69. The van der Waals surface area contributed by atoms with Crippen LogP contribution in [0.1, 0.15) is 39.0 Å². The molecular weight excluding hydrogens is 234 g/mol. The number of carboxylic acid groups (broad SMARTS) is 1. The van der Waals surface area contributed by atoms with E-state index in [0.717, 1.165) is 25.7 Å². The van der Waals surface area contributed by atoms with E-state index in [4.69, 9.17) is 9.84 Å². The van der Waals surface area contributed by atoms with Crippen LogP contribution < -0.4 is 5.32 Å². The van der Waals surface area contributed by atoms with Crippen molar-refractivity contribution in [1.82, 2.24) is 5.32 Å². The van der Waals surface area contributed by atoms with Gasteiger partial charge in [-0.05, 0) is 24.7 Å². The molecule has 0 aromatic rings. The molecule has 18 heavy (non-hydrogen) atoms. The van der Waals surface area contributed by atoms with Gasteiger partial charge in [-0.25, -0.2) is 4.79 Å². The van der Waals surface area contributed by atoms with Gasteiger partial charge in [-0.2, -0.15) is 0 Å². The van der Waals surface area contributed by atoms with E-state index in [2.05, 4.69) is 5.32 Å². The van der Waals surface area contributed by atoms with Gasteiger partial charge in [0, 0.05) is 6.61 Å². The Labute approximate surface area is 107 Å². The molecule has 0 aromatic heterocycles. The summed E-state index contributed by atoms with van der Waals surface area (Å²) in [6.07, 6.45) is 4.02. The Bertz CT molecular complexity index is 327. The third kappa shape index (κ3) is 3.22. The molecule has 3 atom stereocenters. The van der Waals surface area contributed by atoms with E-state index in [1.807, 2.05) is 6.92 Å². The highest BCUT2D eigenvalue weighted by Crippen LogP contribution is 2.33. The van der Waals surface area contributed by atoms with Crippen molar-refractivity contribution in [2.24, 2.45) is 11.8 Å². The van der Waals surface area contributed by atoms with Crippen LogP contribution in [0.25, 0.3) is 0 Å². The molecule has 1 aliphatic heterocycles. The number of carbonyl (C=O) groups excluding carboxylic acids is 1. The lowest BCUT2D eigenvalue weighted by atomic mass is 9.97. The summed E-state index contributed by atoms with van der Waals surface area (Å²) < 4.78 is 5.41. The topological polar surface area (TPSA) is 75.6 Å².